The number of methoxy groups -OCH3 is 1. The molecule has 0 bridgehead atoms. The summed E-state index contributed by atoms with van der Waals surface area (Å²) in [5.41, 5.74) is 9.37. The molecular formula is C15H23N5O2. The molecule has 1 aromatic rings. The van der Waals surface area contributed by atoms with Crippen molar-refractivity contribution in [3.63, 3.8) is 0 Å². The molecule has 0 spiro atoms. The van der Waals surface area contributed by atoms with Gasteiger partial charge >= 0.3 is 0 Å². The topological polar surface area (TPSA) is 84.7 Å². The van der Waals surface area contributed by atoms with E-state index in [4.69, 9.17) is 10.3 Å². The van der Waals surface area contributed by atoms with Crippen LogP contribution in [0.25, 0.3) is 10.4 Å². The van der Waals surface area contributed by atoms with Crippen LogP contribution < -0.4 is 9.64 Å². The van der Waals surface area contributed by atoms with Crippen LogP contribution in [0.1, 0.15) is 6.42 Å². The molecule has 1 aliphatic heterocycles. The van der Waals surface area contributed by atoms with E-state index in [1.807, 2.05) is 18.2 Å². The van der Waals surface area contributed by atoms with E-state index < -0.39 is 6.10 Å². The van der Waals surface area contributed by atoms with Gasteiger partial charge < -0.3 is 14.7 Å². The van der Waals surface area contributed by atoms with E-state index in [-0.39, 0.29) is 6.54 Å². The molecule has 1 atom stereocenters. The van der Waals surface area contributed by atoms with E-state index in [1.54, 1.807) is 7.11 Å². The van der Waals surface area contributed by atoms with Gasteiger partial charge in [0.05, 0.1) is 25.4 Å². The van der Waals surface area contributed by atoms with E-state index in [0.29, 0.717) is 6.42 Å². The highest BCUT2D eigenvalue weighted by Crippen LogP contribution is 2.28. The maximum absolute atomic E-state index is 9.69. The Kier molecular flexibility index (Phi) is 6.33. The van der Waals surface area contributed by atoms with Crippen molar-refractivity contribution in [3.8, 4) is 5.75 Å². The van der Waals surface area contributed by atoms with Gasteiger partial charge in [-0.1, -0.05) is 17.2 Å². The number of aliphatic hydroxyl groups is 1. The van der Waals surface area contributed by atoms with Crippen LogP contribution in [0.15, 0.2) is 29.4 Å². The number of aliphatic hydroxyl groups excluding tert-OH is 1. The van der Waals surface area contributed by atoms with Crippen molar-refractivity contribution in [1.29, 1.82) is 0 Å². The summed E-state index contributed by atoms with van der Waals surface area (Å²) in [6.45, 7) is 4.75. The second-order valence-electron chi connectivity index (χ2n) is 5.36. The summed E-state index contributed by atoms with van der Waals surface area (Å²) < 4.78 is 5.41. The lowest BCUT2D eigenvalue weighted by Crippen LogP contribution is -2.47. The van der Waals surface area contributed by atoms with Crippen LogP contribution in [0.2, 0.25) is 0 Å². The Morgan fingerprint density at radius 1 is 1.32 bits per heavy atom. The molecule has 0 amide bonds. The summed E-state index contributed by atoms with van der Waals surface area (Å²) in [6.07, 6.45) is 0.0800. The van der Waals surface area contributed by atoms with Gasteiger partial charge in [-0.3, -0.25) is 4.90 Å². The normalized spacial score (nSPS) is 16.9. The van der Waals surface area contributed by atoms with Gasteiger partial charge in [0, 0.05) is 37.6 Å². The molecule has 0 saturated carbocycles. The molecule has 7 nitrogen and oxygen atoms in total. The Morgan fingerprint density at radius 3 is 2.73 bits per heavy atom. The van der Waals surface area contributed by atoms with Crippen LogP contribution in [-0.2, 0) is 0 Å². The standard InChI is InChI=1S/C15H23N5O2/c1-22-15-5-3-2-4-14(15)20-10-8-19(9-11-20)7-6-13(21)12-17-18-16/h2-5,13,21H,6-12H2,1H3. The number of para-hydroxylation sites is 2. The Hall–Kier alpha value is -1.95. The summed E-state index contributed by atoms with van der Waals surface area (Å²) in [6, 6.07) is 8.06. The summed E-state index contributed by atoms with van der Waals surface area (Å²) >= 11 is 0. The van der Waals surface area contributed by atoms with Gasteiger partial charge in [-0.25, -0.2) is 0 Å². The average Bonchev–Trinajstić information content (AvgIpc) is 2.58. The fourth-order valence-electron chi connectivity index (χ4n) is 2.66. The molecule has 0 aliphatic carbocycles. The number of rotatable bonds is 7. The van der Waals surface area contributed by atoms with Crippen molar-refractivity contribution < 1.29 is 9.84 Å². The van der Waals surface area contributed by atoms with Gasteiger partial charge in [0.15, 0.2) is 0 Å². The zero-order valence-corrected chi connectivity index (χ0v) is 12.9. The van der Waals surface area contributed by atoms with Crippen LogP contribution in [0.5, 0.6) is 5.75 Å². The number of ether oxygens (including phenoxy) is 1. The quantitative estimate of drug-likeness (QED) is 0.473. The lowest BCUT2D eigenvalue weighted by atomic mass is 10.2. The third-order valence-electron chi connectivity index (χ3n) is 3.93. The third-order valence-corrected chi connectivity index (χ3v) is 3.93. The predicted octanol–water partition coefficient (Wildman–Crippen LogP) is 1.88. The van der Waals surface area contributed by atoms with Gasteiger partial charge in [-0.05, 0) is 24.1 Å². The minimum absolute atomic E-state index is 0.150. The summed E-state index contributed by atoms with van der Waals surface area (Å²) in [5.74, 6) is 0.903. The average molecular weight is 305 g/mol. The molecule has 1 aromatic carbocycles. The van der Waals surface area contributed by atoms with Crippen molar-refractivity contribution in [1.82, 2.24) is 4.90 Å². The molecular weight excluding hydrogens is 282 g/mol. The van der Waals surface area contributed by atoms with Gasteiger partial charge in [0.1, 0.15) is 5.75 Å². The first kappa shape index (κ1) is 16.4. The highest BCUT2D eigenvalue weighted by molar-refractivity contribution is 5.58. The molecule has 22 heavy (non-hydrogen) atoms. The number of azide groups is 1. The zero-order chi connectivity index (χ0) is 15.8. The minimum atomic E-state index is -0.553. The third kappa shape index (κ3) is 4.53. The van der Waals surface area contributed by atoms with Crippen LogP contribution in [-0.4, -0.2) is 62.5 Å². The molecule has 0 radical (unpaired) electrons. The van der Waals surface area contributed by atoms with Crippen LogP contribution in [0.4, 0.5) is 5.69 Å². The molecule has 1 heterocycles. The minimum Gasteiger partial charge on any atom is -0.495 e. The summed E-state index contributed by atoms with van der Waals surface area (Å²) in [7, 11) is 1.69. The second-order valence-corrected chi connectivity index (χ2v) is 5.36. The Morgan fingerprint density at radius 2 is 2.05 bits per heavy atom. The van der Waals surface area contributed by atoms with Crippen molar-refractivity contribution in [3.05, 3.63) is 34.7 Å². The fourth-order valence-corrected chi connectivity index (χ4v) is 2.66. The van der Waals surface area contributed by atoms with E-state index in [2.05, 4.69) is 25.9 Å². The highest BCUT2D eigenvalue weighted by Gasteiger charge is 2.19. The maximum atomic E-state index is 9.69. The van der Waals surface area contributed by atoms with E-state index in [1.165, 1.54) is 0 Å². The number of nitrogens with zero attached hydrogens (tertiary/aromatic N) is 5. The zero-order valence-electron chi connectivity index (χ0n) is 12.9. The molecule has 1 fully saturated rings. The van der Waals surface area contributed by atoms with Gasteiger partial charge in [0.25, 0.3) is 0 Å². The van der Waals surface area contributed by atoms with Gasteiger partial charge in [0.2, 0.25) is 0 Å². The van der Waals surface area contributed by atoms with Crippen LogP contribution in [0.3, 0.4) is 0 Å². The Bertz CT molecular complexity index is 510. The molecule has 2 rings (SSSR count). The van der Waals surface area contributed by atoms with E-state index >= 15 is 0 Å². The second kappa shape index (κ2) is 8.48. The smallest absolute Gasteiger partial charge is 0.142 e. The van der Waals surface area contributed by atoms with E-state index in [0.717, 1.165) is 44.2 Å². The van der Waals surface area contributed by atoms with Crippen LogP contribution >= 0.6 is 0 Å². The Balaban J connectivity index is 1.79. The van der Waals surface area contributed by atoms with E-state index in [9.17, 15) is 5.11 Å². The van der Waals surface area contributed by atoms with Crippen molar-refractivity contribution in [2.24, 2.45) is 5.11 Å². The molecule has 7 heteroatoms. The summed E-state index contributed by atoms with van der Waals surface area (Å²) in [4.78, 5) is 7.31. The number of hydrogen-bond donors (Lipinski definition) is 1. The Labute approximate surface area is 130 Å². The molecule has 1 aliphatic rings. The number of piperazine rings is 1. The molecule has 1 N–H and O–H groups in total. The summed E-state index contributed by atoms with van der Waals surface area (Å²) in [5, 5.41) is 13.1. The first-order valence-electron chi connectivity index (χ1n) is 7.54. The first-order valence-corrected chi connectivity index (χ1v) is 7.54. The number of hydrogen-bond acceptors (Lipinski definition) is 5. The monoisotopic (exact) mass is 305 g/mol. The number of anilines is 1. The van der Waals surface area contributed by atoms with Gasteiger partial charge in [-0.2, -0.15) is 0 Å². The molecule has 1 saturated heterocycles. The molecule has 1 unspecified atom stereocenters. The van der Waals surface area contributed by atoms with Crippen molar-refractivity contribution >= 4 is 5.69 Å². The van der Waals surface area contributed by atoms with Crippen LogP contribution in [0, 0.1) is 0 Å². The maximum Gasteiger partial charge on any atom is 0.142 e. The largest absolute Gasteiger partial charge is 0.495 e. The highest BCUT2D eigenvalue weighted by atomic mass is 16.5. The number of benzene rings is 1. The predicted molar refractivity (Wildman–Crippen MR) is 86.3 cm³/mol. The SMILES string of the molecule is COc1ccccc1N1CCN(CCC(O)CN=[N+]=[N-])CC1. The molecule has 120 valence electrons. The fraction of sp³-hybridized carbons (Fsp3) is 0.600. The molecule has 0 aromatic heterocycles. The lowest BCUT2D eigenvalue weighted by Gasteiger charge is -2.36. The van der Waals surface area contributed by atoms with Gasteiger partial charge in [-0.15, -0.1) is 0 Å². The van der Waals surface area contributed by atoms with Crippen molar-refractivity contribution in [2.45, 2.75) is 12.5 Å². The lowest BCUT2D eigenvalue weighted by molar-refractivity contribution is 0.144. The first-order chi connectivity index (χ1) is 10.7. The van der Waals surface area contributed by atoms with Crippen molar-refractivity contribution in [2.75, 3.05) is 51.3 Å².